The van der Waals surface area contributed by atoms with Gasteiger partial charge >= 0.3 is 0 Å². The van der Waals surface area contributed by atoms with Crippen LogP contribution in [0.2, 0.25) is 0 Å². The van der Waals surface area contributed by atoms with Gasteiger partial charge in [0.2, 0.25) is 5.88 Å². The van der Waals surface area contributed by atoms with Gasteiger partial charge in [0.05, 0.1) is 18.0 Å². The molecule has 0 radical (unpaired) electrons. The maximum atomic E-state index is 12.8. The Morgan fingerprint density at radius 2 is 1.84 bits per heavy atom. The first-order chi connectivity index (χ1) is 12.0. The van der Waals surface area contributed by atoms with Crippen LogP contribution in [0.5, 0.6) is 5.88 Å². The van der Waals surface area contributed by atoms with Gasteiger partial charge in [-0.15, -0.1) is 0 Å². The molecule has 1 N–H and O–H groups in total. The van der Waals surface area contributed by atoms with Crippen molar-refractivity contribution in [3.8, 4) is 5.88 Å². The van der Waals surface area contributed by atoms with Crippen molar-refractivity contribution in [2.45, 2.75) is 78.7 Å². The number of nitrogens with zero attached hydrogens (tertiary/aromatic N) is 1. The number of nitrogens with one attached hydrogen (secondary N) is 1. The number of rotatable bonds is 12. The smallest absolute Gasteiger partial charge is 0.256 e. The number of hydrogen-bond donors (Lipinski definition) is 1. The number of aromatic nitrogens is 1. The fourth-order valence-electron chi connectivity index (χ4n) is 2.50. The molecule has 5 nitrogen and oxygen atoms in total. The number of amides is 1. The summed E-state index contributed by atoms with van der Waals surface area (Å²) in [6.07, 6.45) is 5.74. The Hall–Kier alpha value is -1.62. The zero-order valence-electron chi connectivity index (χ0n) is 16.5. The third-order valence-electron chi connectivity index (χ3n) is 4.12. The van der Waals surface area contributed by atoms with Gasteiger partial charge in [-0.1, -0.05) is 40.0 Å². The lowest BCUT2D eigenvalue weighted by atomic mass is 9.96. The van der Waals surface area contributed by atoms with Gasteiger partial charge in [-0.3, -0.25) is 4.79 Å². The van der Waals surface area contributed by atoms with E-state index in [1.807, 2.05) is 26.8 Å². The van der Waals surface area contributed by atoms with Crippen LogP contribution in [-0.2, 0) is 9.53 Å². The van der Waals surface area contributed by atoms with Crippen LogP contribution >= 0.6 is 0 Å². The Morgan fingerprint density at radius 1 is 1.12 bits per heavy atom. The number of unbranched alkanes of at least 4 members (excludes halogenated alkanes) is 2. The number of ether oxygens (including phenoxy) is 2. The molecule has 0 aliphatic rings. The Labute approximate surface area is 152 Å². The molecule has 0 unspecified atom stereocenters. The van der Waals surface area contributed by atoms with Crippen LogP contribution in [0.25, 0.3) is 0 Å². The van der Waals surface area contributed by atoms with Crippen molar-refractivity contribution in [1.29, 1.82) is 0 Å². The number of anilines is 1. The fourth-order valence-corrected chi connectivity index (χ4v) is 2.50. The van der Waals surface area contributed by atoms with E-state index in [0.717, 1.165) is 44.2 Å². The van der Waals surface area contributed by atoms with Crippen LogP contribution in [0.3, 0.4) is 0 Å². The summed E-state index contributed by atoms with van der Waals surface area (Å²) in [6, 6.07) is 3.64. The summed E-state index contributed by atoms with van der Waals surface area (Å²) in [5.41, 5.74) is 0.638. The summed E-state index contributed by atoms with van der Waals surface area (Å²) in [6.45, 7) is 11.2. The van der Waals surface area contributed by atoms with E-state index in [0.29, 0.717) is 24.8 Å². The molecule has 1 atom stereocenters. The highest BCUT2D eigenvalue weighted by molar-refractivity contribution is 5.97. The van der Waals surface area contributed by atoms with E-state index in [1.165, 1.54) is 0 Å². The van der Waals surface area contributed by atoms with E-state index < -0.39 is 5.60 Å². The Bertz CT molecular complexity index is 534. The Morgan fingerprint density at radius 3 is 2.44 bits per heavy atom. The average molecular weight is 351 g/mol. The largest absolute Gasteiger partial charge is 0.478 e. The number of carbonyl (C=O) groups excluding carboxylic acids is 1. The van der Waals surface area contributed by atoms with E-state index in [4.69, 9.17) is 9.47 Å². The molecular formula is C20H34N2O3. The molecule has 1 aromatic rings. The van der Waals surface area contributed by atoms with Crippen LogP contribution in [-0.4, -0.2) is 29.7 Å². The first-order valence-electron chi connectivity index (χ1n) is 9.52. The van der Waals surface area contributed by atoms with Crippen LogP contribution in [0.15, 0.2) is 12.1 Å². The lowest BCUT2D eigenvalue weighted by Gasteiger charge is -2.29. The molecule has 0 spiro atoms. The molecule has 142 valence electrons. The van der Waals surface area contributed by atoms with Crippen molar-refractivity contribution in [1.82, 2.24) is 4.98 Å². The second-order valence-corrected chi connectivity index (χ2v) is 6.62. The van der Waals surface area contributed by atoms with Gasteiger partial charge in [-0.25, -0.2) is 4.98 Å². The predicted molar refractivity (Wildman–Crippen MR) is 102 cm³/mol. The maximum absolute atomic E-state index is 12.8. The minimum absolute atomic E-state index is 0.107. The van der Waals surface area contributed by atoms with Crippen LogP contribution in [0.4, 0.5) is 5.69 Å². The number of aryl methyl sites for hydroxylation is 1. The Kier molecular flexibility index (Phi) is 9.50. The summed E-state index contributed by atoms with van der Waals surface area (Å²) in [7, 11) is 0. The van der Waals surface area contributed by atoms with E-state index in [-0.39, 0.29) is 5.91 Å². The van der Waals surface area contributed by atoms with Crippen molar-refractivity contribution in [2.75, 3.05) is 18.5 Å². The number of pyridine rings is 1. The molecular weight excluding hydrogens is 316 g/mol. The average Bonchev–Trinajstić information content (AvgIpc) is 2.60. The highest BCUT2D eigenvalue weighted by Crippen LogP contribution is 2.24. The van der Waals surface area contributed by atoms with E-state index in [9.17, 15) is 4.79 Å². The third kappa shape index (κ3) is 7.02. The first kappa shape index (κ1) is 21.4. The molecule has 1 amide bonds. The molecule has 5 heteroatoms. The van der Waals surface area contributed by atoms with Crippen molar-refractivity contribution in [2.24, 2.45) is 0 Å². The highest BCUT2D eigenvalue weighted by Gasteiger charge is 2.33. The quantitative estimate of drug-likeness (QED) is 0.546. The zero-order chi connectivity index (χ0) is 18.7. The number of carbonyl (C=O) groups is 1. The first-order valence-corrected chi connectivity index (χ1v) is 9.52. The van der Waals surface area contributed by atoms with Crippen LogP contribution < -0.4 is 10.1 Å². The summed E-state index contributed by atoms with van der Waals surface area (Å²) in [5, 5.41) is 2.99. The molecule has 0 saturated carbocycles. The minimum atomic E-state index is -0.811. The summed E-state index contributed by atoms with van der Waals surface area (Å²) in [4.78, 5) is 17.3. The molecule has 0 saturated heterocycles. The molecule has 1 aromatic heterocycles. The van der Waals surface area contributed by atoms with Gasteiger partial charge in [0.15, 0.2) is 0 Å². The summed E-state index contributed by atoms with van der Waals surface area (Å²) < 4.78 is 11.5. The molecule has 0 aromatic carbocycles. The Balaban J connectivity index is 2.80. The monoisotopic (exact) mass is 350 g/mol. The predicted octanol–water partition coefficient (Wildman–Crippen LogP) is 4.88. The molecule has 0 fully saturated rings. The fraction of sp³-hybridized carbons (Fsp3) is 0.700. The molecule has 1 rings (SSSR count). The van der Waals surface area contributed by atoms with Gasteiger partial charge in [0, 0.05) is 12.7 Å². The normalized spacial score (nSPS) is 13.3. The lowest BCUT2D eigenvalue weighted by molar-refractivity contribution is -0.140. The van der Waals surface area contributed by atoms with Crippen molar-refractivity contribution < 1.29 is 14.3 Å². The highest BCUT2D eigenvalue weighted by atomic mass is 16.5. The van der Waals surface area contributed by atoms with Crippen LogP contribution in [0, 0.1) is 6.92 Å². The summed E-state index contributed by atoms with van der Waals surface area (Å²) in [5.74, 6) is 0.481. The lowest BCUT2D eigenvalue weighted by Crippen LogP contribution is -2.43. The van der Waals surface area contributed by atoms with Crippen molar-refractivity contribution in [3.63, 3.8) is 0 Å². The minimum Gasteiger partial charge on any atom is -0.478 e. The van der Waals surface area contributed by atoms with Gasteiger partial charge in [0.1, 0.15) is 5.60 Å². The number of hydrogen-bond acceptors (Lipinski definition) is 4. The van der Waals surface area contributed by atoms with Gasteiger partial charge in [0.25, 0.3) is 5.91 Å². The molecule has 0 aliphatic heterocycles. The second kappa shape index (κ2) is 11.1. The van der Waals surface area contributed by atoms with E-state index in [2.05, 4.69) is 24.1 Å². The standard InChI is InChI=1S/C20H34N2O3/c1-6-9-10-13-20(5,25-15-8-3)19(23)22-17-11-12-18(21-16(17)4)24-14-7-2/h11-12H,6-10,13-15H2,1-5H3,(H,22,23)/t20-/m1/s1. The molecule has 0 bridgehead atoms. The SMILES string of the molecule is CCCCC[C@@](C)(OCCC)C(=O)Nc1ccc(OCCC)nc1C. The van der Waals surface area contributed by atoms with E-state index >= 15 is 0 Å². The molecule has 25 heavy (non-hydrogen) atoms. The summed E-state index contributed by atoms with van der Waals surface area (Å²) >= 11 is 0. The third-order valence-corrected chi connectivity index (χ3v) is 4.12. The van der Waals surface area contributed by atoms with Gasteiger partial charge < -0.3 is 14.8 Å². The second-order valence-electron chi connectivity index (χ2n) is 6.62. The molecule has 0 aliphatic carbocycles. The van der Waals surface area contributed by atoms with Crippen molar-refractivity contribution >= 4 is 11.6 Å². The van der Waals surface area contributed by atoms with E-state index in [1.54, 1.807) is 6.07 Å². The topological polar surface area (TPSA) is 60.5 Å². The maximum Gasteiger partial charge on any atom is 0.256 e. The van der Waals surface area contributed by atoms with Gasteiger partial charge in [-0.05, 0) is 39.2 Å². The molecule has 1 heterocycles. The van der Waals surface area contributed by atoms with Gasteiger partial charge in [-0.2, -0.15) is 0 Å². The van der Waals surface area contributed by atoms with Crippen molar-refractivity contribution in [3.05, 3.63) is 17.8 Å². The van der Waals surface area contributed by atoms with Crippen LogP contribution in [0.1, 0.15) is 71.9 Å². The zero-order valence-corrected chi connectivity index (χ0v) is 16.5.